The summed E-state index contributed by atoms with van der Waals surface area (Å²) in [5.74, 6) is -2.80. The molecule has 8 N–H and O–H groups in total. The van der Waals surface area contributed by atoms with Gasteiger partial charge in [0, 0.05) is 22.5 Å². The van der Waals surface area contributed by atoms with Gasteiger partial charge in [-0.15, -0.1) is 10.2 Å². The molecule has 340 valence electrons. The summed E-state index contributed by atoms with van der Waals surface area (Å²) in [6.45, 7) is -0.897. The maximum atomic E-state index is 13.1. The second-order valence-corrected chi connectivity index (χ2v) is 21.8. The van der Waals surface area contributed by atoms with E-state index in [1.165, 1.54) is 12.1 Å². The smallest absolute Gasteiger partial charge is 0.397 e. The molecule has 0 aliphatic rings. The van der Waals surface area contributed by atoms with Gasteiger partial charge in [0.15, 0.2) is 9.84 Å². The van der Waals surface area contributed by atoms with Crippen LogP contribution in [0.2, 0.25) is 5.28 Å². The van der Waals surface area contributed by atoms with Crippen molar-refractivity contribution in [3.05, 3.63) is 78.1 Å². The van der Waals surface area contributed by atoms with E-state index in [1.54, 1.807) is 0 Å². The molecule has 0 saturated heterocycles. The van der Waals surface area contributed by atoms with Crippen LogP contribution in [0, 0.1) is 0 Å². The molecule has 0 aliphatic heterocycles. The van der Waals surface area contributed by atoms with Gasteiger partial charge in [0.1, 0.15) is 21.2 Å². The number of nitrogens with zero attached hydrogens (tertiary/aromatic N) is 5. The number of aromatic nitrogens is 3. The molecule has 0 radical (unpaired) electrons. The number of nitrogens with one attached hydrogen (secondary N) is 2. The minimum absolute atomic E-state index is 0.0966. The highest BCUT2D eigenvalue weighted by molar-refractivity contribution is 7.91. The summed E-state index contributed by atoms with van der Waals surface area (Å²) in [5.41, 5.74) is -2.22. The third-order valence-electron chi connectivity index (χ3n) is 8.32. The minimum Gasteiger partial charge on any atom is -0.507 e. The van der Waals surface area contributed by atoms with Crippen molar-refractivity contribution in [3.8, 4) is 5.75 Å². The lowest BCUT2D eigenvalue weighted by Crippen LogP contribution is -2.15. The molecule has 0 aliphatic carbocycles. The van der Waals surface area contributed by atoms with E-state index in [9.17, 15) is 73.8 Å². The van der Waals surface area contributed by atoms with E-state index >= 15 is 0 Å². The highest BCUT2D eigenvalue weighted by atomic mass is 35.5. The van der Waals surface area contributed by atoms with Crippen molar-refractivity contribution in [2.75, 3.05) is 23.0 Å². The molecule has 1 aromatic heterocycles. The summed E-state index contributed by atoms with van der Waals surface area (Å²) in [5, 5.41) is 21.0. The van der Waals surface area contributed by atoms with E-state index in [4.69, 9.17) is 16.2 Å². The molecule has 0 bridgehead atoms. The number of anilines is 4. The molecule has 0 unspecified atom stereocenters. The number of azo groups is 1. The molecule has 0 amide bonds. The number of aromatic hydroxyl groups is 1. The third kappa shape index (κ3) is 11.0. The number of benzene rings is 5. The largest absolute Gasteiger partial charge is 0.507 e. The van der Waals surface area contributed by atoms with Crippen LogP contribution in [-0.2, 0) is 64.9 Å². The Balaban J connectivity index is 1.51. The van der Waals surface area contributed by atoms with Crippen molar-refractivity contribution in [1.82, 2.24) is 15.0 Å². The molecule has 6 rings (SSSR count). The number of hydrogen-bond acceptors (Lipinski definition) is 21. The SMILES string of the molecule is O=S(=O)(O)OCCS(=O)(=O)c1ccc(Nc2nc(Cl)nc(Nc3cc4c(S(=O)(=O)O)cccc4c(S(=O)(=O)O)c3N=Nc3cc(S(=O)(=O)O)cc4cc(S(=O)(=O)O)cc(O)c34)n2)cc1. The van der Waals surface area contributed by atoms with Crippen molar-refractivity contribution in [3.63, 3.8) is 0 Å². The van der Waals surface area contributed by atoms with Gasteiger partial charge < -0.3 is 15.7 Å². The molecule has 64 heavy (non-hydrogen) atoms. The topological polar surface area (TPSA) is 423 Å². The fraction of sp³-hybridized carbons (Fsp3) is 0.0645. The molecular formula is C31H24ClN7O19S6. The Bertz CT molecular complexity index is 3650. The molecule has 0 spiro atoms. The molecule has 0 saturated carbocycles. The average molecular weight is 1030 g/mol. The van der Waals surface area contributed by atoms with Gasteiger partial charge in [-0.25, -0.2) is 12.6 Å². The second-order valence-electron chi connectivity index (χ2n) is 12.6. The van der Waals surface area contributed by atoms with E-state index in [-0.39, 0.29) is 10.6 Å². The summed E-state index contributed by atoms with van der Waals surface area (Å²) < 4.78 is 199. The van der Waals surface area contributed by atoms with Gasteiger partial charge in [-0.3, -0.25) is 22.8 Å². The predicted molar refractivity (Wildman–Crippen MR) is 220 cm³/mol. The lowest BCUT2D eigenvalue weighted by molar-refractivity contribution is 0.284. The maximum absolute atomic E-state index is 13.1. The Morgan fingerprint density at radius 3 is 1.78 bits per heavy atom. The predicted octanol–water partition coefficient (Wildman–Crippen LogP) is 4.02. The molecule has 6 aromatic rings. The van der Waals surface area contributed by atoms with Crippen LogP contribution in [0.5, 0.6) is 5.75 Å². The second kappa shape index (κ2) is 17.1. The van der Waals surface area contributed by atoms with Crippen LogP contribution in [0.15, 0.2) is 108 Å². The first-order valence-corrected chi connectivity index (χ1v) is 25.7. The highest BCUT2D eigenvalue weighted by Crippen LogP contribution is 2.44. The van der Waals surface area contributed by atoms with Crippen LogP contribution in [0.3, 0.4) is 0 Å². The van der Waals surface area contributed by atoms with Crippen molar-refractivity contribution in [2.45, 2.75) is 24.5 Å². The Morgan fingerprint density at radius 1 is 0.625 bits per heavy atom. The van der Waals surface area contributed by atoms with Gasteiger partial charge in [0.2, 0.25) is 17.2 Å². The van der Waals surface area contributed by atoms with Gasteiger partial charge in [0.25, 0.3) is 40.5 Å². The van der Waals surface area contributed by atoms with E-state index in [1.807, 2.05) is 0 Å². The fourth-order valence-electron chi connectivity index (χ4n) is 5.76. The van der Waals surface area contributed by atoms with Crippen LogP contribution in [-0.4, -0.2) is 106 Å². The standard InChI is InChI=1S/C31H24ClN7O19S6/c32-29-35-30(33-16-4-6-17(7-5-16)59(41,42)9-8-58-64(55,56)57)37-31(36-29)34-23-14-21-20(2-1-3-25(21)62(49,50)51)28(63(52,53)54)27(23)39-38-22-12-18(60(43,44)45)10-15-11-19(61(46,47)48)13-24(40)26(15)22/h1-7,10-14,40H,8-9H2,(H,43,44,45)(H,46,47,48)(H,49,50,51)(H,52,53,54)(H,55,56,57)(H2,33,34,35,36,37). The Hall–Kier alpha value is -5.62. The fourth-order valence-corrected chi connectivity index (χ4v) is 10.0. The number of hydrogen-bond donors (Lipinski definition) is 8. The Morgan fingerprint density at radius 2 is 1.22 bits per heavy atom. The first kappa shape index (κ1) is 47.8. The maximum Gasteiger partial charge on any atom is 0.397 e. The molecule has 26 nitrogen and oxygen atoms in total. The monoisotopic (exact) mass is 1020 g/mol. The van der Waals surface area contributed by atoms with Gasteiger partial charge in [0.05, 0.1) is 43.8 Å². The van der Waals surface area contributed by atoms with Crippen LogP contribution in [0.4, 0.5) is 34.6 Å². The zero-order chi connectivity index (χ0) is 47.4. The molecule has 0 atom stereocenters. The molecule has 5 aromatic carbocycles. The van der Waals surface area contributed by atoms with Gasteiger partial charge in [-0.05, 0) is 71.6 Å². The van der Waals surface area contributed by atoms with Gasteiger partial charge >= 0.3 is 10.4 Å². The normalized spacial score (nSPS) is 13.2. The summed E-state index contributed by atoms with van der Waals surface area (Å²) in [6.07, 6.45) is 0. The minimum atomic E-state index is -5.56. The number of halogens is 1. The van der Waals surface area contributed by atoms with Crippen molar-refractivity contribution < 1.29 is 82.6 Å². The van der Waals surface area contributed by atoms with Crippen LogP contribution >= 0.6 is 11.6 Å². The third-order valence-corrected chi connectivity index (χ3v) is 14.2. The molecule has 33 heteroatoms. The number of rotatable bonds is 15. The zero-order valence-corrected chi connectivity index (χ0v) is 36.6. The summed E-state index contributed by atoms with van der Waals surface area (Å²) in [7, 11) is -29.9. The number of fused-ring (bicyclic) bond motifs is 2. The van der Waals surface area contributed by atoms with Gasteiger partial charge in [-0.2, -0.15) is 57.0 Å². The van der Waals surface area contributed by atoms with Crippen LogP contribution < -0.4 is 10.6 Å². The zero-order valence-electron chi connectivity index (χ0n) is 30.9. The summed E-state index contributed by atoms with van der Waals surface area (Å²) >= 11 is 6.14. The Labute approximate surface area is 365 Å². The first-order valence-electron chi connectivity index (χ1n) is 16.5. The quantitative estimate of drug-likeness (QED) is 0.0532. The van der Waals surface area contributed by atoms with E-state index < -0.39 is 154 Å². The molecule has 0 fully saturated rings. The molecule has 1 heterocycles. The van der Waals surface area contributed by atoms with Crippen LogP contribution in [0.25, 0.3) is 21.5 Å². The highest BCUT2D eigenvalue weighted by Gasteiger charge is 2.28. The number of sulfone groups is 1. The van der Waals surface area contributed by atoms with Crippen molar-refractivity contribution in [2.24, 2.45) is 10.2 Å². The number of phenolic OH excluding ortho intramolecular Hbond substituents is 1. The van der Waals surface area contributed by atoms with Crippen molar-refractivity contribution in [1.29, 1.82) is 0 Å². The van der Waals surface area contributed by atoms with Crippen LogP contribution in [0.1, 0.15) is 0 Å². The number of phenols is 1. The Kier molecular flexibility index (Phi) is 12.8. The van der Waals surface area contributed by atoms with E-state index in [0.29, 0.717) is 24.3 Å². The first-order chi connectivity index (χ1) is 29.4. The van der Waals surface area contributed by atoms with E-state index in [2.05, 4.69) is 40.0 Å². The van der Waals surface area contributed by atoms with E-state index in [0.717, 1.165) is 36.4 Å². The summed E-state index contributed by atoms with van der Waals surface area (Å²) in [4.78, 5) is 7.51. The average Bonchev–Trinajstić information content (AvgIpc) is 3.14. The summed E-state index contributed by atoms with van der Waals surface area (Å²) in [6, 6.07) is 10.8. The lowest BCUT2D eigenvalue weighted by Gasteiger charge is -2.16. The van der Waals surface area contributed by atoms with Crippen molar-refractivity contribution >= 4 is 129 Å². The van der Waals surface area contributed by atoms with Gasteiger partial charge in [-0.1, -0.05) is 12.1 Å². The lowest BCUT2D eigenvalue weighted by atomic mass is 10.1. The molecular weight excluding hydrogens is 1000 g/mol.